The average Bonchev–Trinajstić information content (AvgIpc) is 2.67. The maximum Gasteiger partial charge on any atom is 0.416 e. The normalized spacial score (nSPS) is 19.7. The van der Waals surface area contributed by atoms with Gasteiger partial charge in [0, 0.05) is 12.5 Å². The fourth-order valence-electron chi connectivity index (χ4n) is 3.68. The Hall–Kier alpha value is -1.84. The van der Waals surface area contributed by atoms with Crippen molar-refractivity contribution in [2.24, 2.45) is 5.92 Å². The molecule has 1 aliphatic rings. The lowest BCUT2D eigenvalue weighted by Crippen LogP contribution is -2.37. The van der Waals surface area contributed by atoms with Crippen LogP contribution in [-0.2, 0) is 23.7 Å². The summed E-state index contributed by atoms with van der Waals surface area (Å²) in [6.07, 6.45) is -9.02. The highest BCUT2D eigenvalue weighted by atomic mass is 35.5. The zero-order valence-corrected chi connectivity index (χ0v) is 17.0. The number of hydrogen-bond acceptors (Lipinski definition) is 2. The highest BCUT2D eigenvalue weighted by Gasteiger charge is 2.37. The predicted molar refractivity (Wildman–Crippen MR) is 103 cm³/mol. The zero-order valence-electron chi connectivity index (χ0n) is 16.2. The van der Waals surface area contributed by atoms with Crippen molar-refractivity contribution in [3.63, 3.8) is 0 Å². The zero-order chi connectivity index (χ0) is 21.9. The monoisotopic (exact) mass is 471 g/mol. The average molecular weight is 472 g/mol. The van der Waals surface area contributed by atoms with Crippen molar-refractivity contribution in [3.05, 3.63) is 70.5 Å². The molecule has 1 fully saturated rings. The minimum Gasteiger partial charge on any atom is -0.376 e. The quantitative estimate of drug-likeness (QED) is 0.525. The summed E-state index contributed by atoms with van der Waals surface area (Å²) in [5, 5.41) is 3.20. The first kappa shape index (κ1) is 25.4. The summed E-state index contributed by atoms with van der Waals surface area (Å²) in [6.45, 7) is 1.10. The maximum absolute atomic E-state index is 13.2. The highest BCUT2D eigenvalue weighted by Crippen LogP contribution is 2.37. The third kappa shape index (κ3) is 6.82. The molecule has 2 atom stereocenters. The van der Waals surface area contributed by atoms with Gasteiger partial charge in [-0.25, -0.2) is 4.39 Å². The predicted octanol–water partition coefficient (Wildman–Crippen LogP) is 6.20. The fourth-order valence-corrected chi connectivity index (χ4v) is 3.68. The van der Waals surface area contributed by atoms with Crippen LogP contribution in [0.4, 0.5) is 30.7 Å². The Morgan fingerprint density at radius 3 is 2.03 bits per heavy atom. The van der Waals surface area contributed by atoms with Gasteiger partial charge >= 0.3 is 12.4 Å². The summed E-state index contributed by atoms with van der Waals surface area (Å²) in [5.74, 6) is -0.346. The van der Waals surface area contributed by atoms with Gasteiger partial charge in [-0.2, -0.15) is 26.3 Å². The molecule has 10 heteroatoms. The number of nitrogens with one attached hydrogen (secondary N) is 1. The van der Waals surface area contributed by atoms with Crippen molar-refractivity contribution in [1.82, 2.24) is 5.32 Å². The number of piperidine rings is 1. The number of rotatable bonds is 5. The molecule has 2 unspecified atom stereocenters. The fraction of sp³-hybridized carbons (Fsp3) is 0.429. The second kappa shape index (κ2) is 10.2. The largest absolute Gasteiger partial charge is 0.416 e. The molecule has 0 amide bonds. The van der Waals surface area contributed by atoms with Gasteiger partial charge in [0.2, 0.25) is 0 Å². The van der Waals surface area contributed by atoms with Crippen LogP contribution in [-0.4, -0.2) is 19.7 Å². The molecule has 3 rings (SSSR count). The van der Waals surface area contributed by atoms with Crippen LogP contribution in [0.1, 0.15) is 34.6 Å². The van der Waals surface area contributed by atoms with Gasteiger partial charge in [-0.1, -0.05) is 12.1 Å². The number of benzene rings is 2. The third-order valence-corrected chi connectivity index (χ3v) is 5.15. The molecule has 1 heterocycles. The van der Waals surface area contributed by atoms with Crippen molar-refractivity contribution in [2.75, 3.05) is 19.7 Å². The SMILES string of the molecule is Cl.Fc1ccc(C2CCNCC2COCc2cc(C(F)(F)F)cc(C(F)(F)F)c2)cc1. The summed E-state index contributed by atoms with van der Waals surface area (Å²) >= 11 is 0. The highest BCUT2D eigenvalue weighted by molar-refractivity contribution is 5.85. The van der Waals surface area contributed by atoms with Crippen molar-refractivity contribution in [2.45, 2.75) is 31.3 Å². The Labute approximate surface area is 181 Å². The number of hydrogen-bond donors (Lipinski definition) is 1. The Balaban J connectivity index is 0.00000341. The summed E-state index contributed by atoms with van der Waals surface area (Å²) in [5.41, 5.74) is -2.00. The second-order valence-corrected chi connectivity index (χ2v) is 7.34. The Morgan fingerprint density at radius 1 is 0.903 bits per heavy atom. The van der Waals surface area contributed by atoms with E-state index < -0.39 is 23.5 Å². The Bertz CT molecular complexity index is 820. The molecular formula is C21H21ClF7NO. The van der Waals surface area contributed by atoms with Gasteiger partial charge in [-0.05, 0) is 60.3 Å². The van der Waals surface area contributed by atoms with Gasteiger partial charge in [0.1, 0.15) is 5.82 Å². The number of alkyl halides is 6. The molecule has 0 aliphatic carbocycles. The lowest BCUT2D eigenvalue weighted by atomic mass is 9.81. The summed E-state index contributed by atoms with van der Waals surface area (Å²) in [7, 11) is 0. The molecule has 31 heavy (non-hydrogen) atoms. The minimum atomic E-state index is -4.89. The number of halogens is 8. The molecule has 1 saturated heterocycles. The summed E-state index contributed by atoms with van der Waals surface area (Å²) in [4.78, 5) is 0. The van der Waals surface area contributed by atoms with E-state index in [9.17, 15) is 30.7 Å². The van der Waals surface area contributed by atoms with E-state index in [0.717, 1.165) is 18.5 Å². The van der Waals surface area contributed by atoms with Crippen molar-refractivity contribution in [3.8, 4) is 0 Å². The van der Waals surface area contributed by atoms with E-state index in [-0.39, 0.29) is 54.9 Å². The summed E-state index contributed by atoms with van der Waals surface area (Å²) < 4.78 is 96.5. The first-order valence-corrected chi connectivity index (χ1v) is 9.36. The molecule has 2 aromatic rings. The van der Waals surface area contributed by atoms with Crippen molar-refractivity contribution in [1.29, 1.82) is 0 Å². The molecule has 1 aliphatic heterocycles. The molecule has 2 aromatic carbocycles. The van der Waals surface area contributed by atoms with Crippen LogP contribution in [0.25, 0.3) is 0 Å². The minimum absolute atomic E-state index is 0. The third-order valence-electron chi connectivity index (χ3n) is 5.15. The smallest absolute Gasteiger partial charge is 0.376 e. The van der Waals surface area contributed by atoms with Gasteiger partial charge < -0.3 is 10.1 Å². The van der Waals surface area contributed by atoms with Gasteiger partial charge in [0.15, 0.2) is 0 Å². The van der Waals surface area contributed by atoms with Gasteiger partial charge in [-0.15, -0.1) is 12.4 Å². The number of ether oxygens (including phenoxy) is 1. The van der Waals surface area contributed by atoms with Crippen LogP contribution >= 0.6 is 12.4 Å². The van der Waals surface area contributed by atoms with Crippen molar-refractivity contribution < 1.29 is 35.5 Å². The van der Waals surface area contributed by atoms with Crippen LogP contribution in [0.15, 0.2) is 42.5 Å². The summed E-state index contributed by atoms with van der Waals surface area (Å²) in [6, 6.07) is 7.52. The topological polar surface area (TPSA) is 21.3 Å². The van der Waals surface area contributed by atoms with Gasteiger partial charge in [0.05, 0.1) is 24.3 Å². The molecule has 0 radical (unpaired) electrons. The molecule has 1 N–H and O–H groups in total. The lowest BCUT2D eigenvalue weighted by Gasteiger charge is -2.32. The van der Waals surface area contributed by atoms with E-state index in [2.05, 4.69) is 5.32 Å². The lowest BCUT2D eigenvalue weighted by molar-refractivity contribution is -0.143. The van der Waals surface area contributed by atoms with Gasteiger partial charge in [0.25, 0.3) is 0 Å². The Morgan fingerprint density at radius 2 is 1.48 bits per heavy atom. The van der Waals surface area contributed by atoms with Crippen LogP contribution in [0.2, 0.25) is 0 Å². The second-order valence-electron chi connectivity index (χ2n) is 7.34. The van der Waals surface area contributed by atoms with E-state index >= 15 is 0 Å². The van der Waals surface area contributed by atoms with E-state index in [0.29, 0.717) is 18.7 Å². The molecule has 172 valence electrons. The van der Waals surface area contributed by atoms with Crippen molar-refractivity contribution >= 4 is 12.4 Å². The molecular weight excluding hydrogens is 451 g/mol. The molecule has 0 bridgehead atoms. The van der Waals surface area contributed by atoms with E-state index in [4.69, 9.17) is 4.74 Å². The van der Waals surface area contributed by atoms with Crippen LogP contribution < -0.4 is 5.32 Å². The molecule has 0 saturated carbocycles. The van der Waals surface area contributed by atoms with E-state index in [1.54, 1.807) is 12.1 Å². The maximum atomic E-state index is 13.2. The first-order valence-electron chi connectivity index (χ1n) is 9.36. The molecule has 2 nitrogen and oxygen atoms in total. The molecule has 0 aromatic heterocycles. The Kier molecular flexibility index (Phi) is 8.35. The van der Waals surface area contributed by atoms with Crippen LogP contribution in [0.3, 0.4) is 0 Å². The van der Waals surface area contributed by atoms with Crippen LogP contribution in [0.5, 0.6) is 0 Å². The first-order chi connectivity index (χ1) is 14.0. The standard InChI is InChI=1S/C21H20F7NO.ClH/c22-18-3-1-14(2-4-18)19-5-6-29-10-15(19)12-30-11-13-7-16(20(23,24)25)9-17(8-13)21(26,27)28;/h1-4,7-9,15,19,29H,5-6,10-12H2;1H. The van der Waals surface area contributed by atoms with Gasteiger partial charge in [-0.3, -0.25) is 0 Å². The van der Waals surface area contributed by atoms with Crippen LogP contribution in [0, 0.1) is 11.7 Å². The van der Waals surface area contributed by atoms with E-state index in [1.807, 2.05) is 0 Å². The van der Waals surface area contributed by atoms with E-state index in [1.165, 1.54) is 12.1 Å². The molecule has 0 spiro atoms.